The van der Waals surface area contributed by atoms with Crippen molar-refractivity contribution in [2.24, 2.45) is 0 Å². The third kappa shape index (κ3) is 9.65. The van der Waals surface area contributed by atoms with Crippen molar-refractivity contribution in [1.82, 2.24) is 10.3 Å². The Hall–Kier alpha value is -2.88. The van der Waals surface area contributed by atoms with Gasteiger partial charge in [0.1, 0.15) is 0 Å². The highest BCUT2D eigenvalue weighted by molar-refractivity contribution is 5.88. The number of unbranched alkanes of at least 4 members (excludes halogenated alkanes) is 5. The predicted molar refractivity (Wildman–Crippen MR) is 130 cm³/mol. The van der Waals surface area contributed by atoms with E-state index in [1.165, 1.54) is 23.8 Å². The summed E-state index contributed by atoms with van der Waals surface area (Å²) < 4.78 is 5.86. The van der Waals surface area contributed by atoms with Crippen molar-refractivity contribution in [3.05, 3.63) is 71.8 Å². The van der Waals surface area contributed by atoms with E-state index in [1.54, 1.807) is 6.08 Å². The molecule has 4 nitrogen and oxygen atoms in total. The molecule has 0 radical (unpaired) electrons. The zero-order chi connectivity index (χ0) is 22.5. The fourth-order valence-electron chi connectivity index (χ4n) is 3.28. The fraction of sp³-hybridized carbons (Fsp3) is 0.407. The quantitative estimate of drug-likeness (QED) is 0.175. The molecule has 0 aliphatic carbocycles. The Kier molecular flexibility index (Phi) is 10.6. The van der Waals surface area contributed by atoms with Crippen molar-refractivity contribution < 1.29 is 9.53 Å². The predicted octanol–water partition coefficient (Wildman–Crippen LogP) is 6.46. The number of nitrogens with zero attached hydrogens (tertiary/aromatic N) is 1. The maximum atomic E-state index is 11.7. The van der Waals surface area contributed by atoms with Gasteiger partial charge in [-0.3, -0.25) is 4.79 Å². The number of ether oxygens (including phenoxy) is 1. The van der Waals surface area contributed by atoms with Crippen LogP contribution in [0.3, 0.4) is 0 Å². The summed E-state index contributed by atoms with van der Waals surface area (Å²) in [5.74, 6) is 0.652. The van der Waals surface area contributed by atoms with Gasteiger partial charge < -0.3 is 10.1 Å². The third-order valence-electron chi connectivity index (χ3n) is 4.97. The van der Waals surface area contributed by atoms with Gasteiger partial charge in [0.15, 0.2) is 0 Å². The summed E-state index contributed by atoms with van der Waals surface area (Å²) >= 11 is 0. The first-order chi connectivity index (χ1) is 15.0. The number of fused-ring (bicyclic) bond motifs is 1. The minimum absolute atomic E-state index is 0.0681. The highest BCUT2D eigenvalue weighted by Gasteiger charge is 2.03. The number of pyridine rings is 1. The molecule has 0 aliphatic rings. The Bertz CT molecular complexity index is 928. The number of carbonyl (C=O) groups excluding carboxylic acids is 1. The molecule has 0 spiro atoms. The molecule has 31 heavy (non-hydrogen) atoms. The molecule has 1 aromatic heterocycles. The van der Waals surface area contributed by atoms with Crippen molar-refractivity contribution >= 4 is 16.8 Å². The molecule has 1 N–H and O–H groups in total. The zero-order valence-electron chi connectivity index (χ0n) is 19.2. The Labute approximate surface area is 187 Å². The number of carbonyl (C=O) groups is 1. The van der Waals surface area contributed by atoms with Gasteiger partial charge in [0.25, 0.3) is 0 Å². The summed E-state index contributed by atoms with van der Waals surface area (Å²) in [5, 5.41) is 3.99. The fourth-order valence-corrected chi connectivity index (χ4v) is 3.28. The normalized spacial score (nSPS) is 11.8. The SMILES string of the molecule is C=C(C)CNC(=O)C=C(C)C=CCCCCCCCOc1cc(C)c2ccccc2n1. The first-order valence-corrected chi connectivity index (χ1v) is 11.2. The summed E-state index contributed by atoms with van der Waals surface area (Å²) in [5.41, 5.74) is 4.10. The van der Waals surface area contributed by atoms with Gasteiger partial charge in [0, 0.05) is 24.1 Å². The van der Waals surface area contributed by atoms with E-state index in [0.717, 1.165) is 48.2 Å². The van der Waals surface area contributed by atoms with Crippen LogP contribution in [-0.2, 0) is 4.79 Å². The lowest BCUT2D eigenvalue weighted by molar-refractivity contribution is -0.116. The Balaban J connectivity index is 1.54. The van der Waals surface area contributed by atoms with E-state index >= 15 is 0 Å². The maximum absolute atomic E-state index is 11.7. The van der Waals surface area contributed by atoms with E-state index in [1.807, 2.05) is 44.2 Å². The molecule has 2 rings (SSSR count). The second-order valence-electron chi connectivity index (χ2n) is 8.17. The lowest BCUT2D eigenvalue weighted by atomic mass is 10.1. The lowest BCUT2D eigenvalue weighted by Gasteiger charge is -2.08. The van der Waals surface area contributed by atoms with Crippen LogP contribution in [0.5, 0.6) is 5.88 Å². The molecule has 0 saturated carbocycles. The number of aryl methyl sites for hydroxylation is 1. The van der Waals surface area contributed by atoms with Crippen LogP contribution >= 0.6 is 0 Å². The Morgan fingerprint density at radius 1 is 1.13 bits per heavy atom. The van der Waals surface area contributed by atoms with E-state index in [4.69, 9.17) is 4.74 Å². The van der Waals surface area contributed by atoms with Gasteiger partial charge in [-0.25, -0.2) is 4.98 Å². The summed E-state index contributed by atoms with van der Waals surface area (Å²) in [6.45, 7) is 11.0. The smallest absolute Gasteiger partial charge is 0.244 e. The molecule has 2 aromatic rings. The van der Waals surface area contributed by atoms with Crippen LogP contribution in [0.1, 0.15) is 57.9 Å². The van der Waals surface area contributed by atoms with Gasteiger partial charge >= 0.3 is 0 Å². The van der Waals surface area contributed by atoms with E-state index in [2.05, 4.69) is 35.9 Å². The molecule has 0 aliphatic heterocycles. The van der Waals surface area contributed by atoms with Gasteiger partial charge in [-0.1, -0.05) is 61.8 Å². The summed E-state index contributed by atoms with van der Waals surface area (Å²) in [6.07, 6.45) is 12.6. The van der Waals surface area contributed by atoms with Gasteiger partial charge in [-0.2, -0.15) is 0 Å². The number of allylic oxidation sites excluding steroid dienone is 3. The van der Waals surface area contributed by atoms with Crippen LogP contribution in [0.2, 0.25) is 0 Å². The van der Waals surface area contributed by atoms with Crippen LogP contribution in [0.15, 0.2) is 66.3 Å². The monoisotopic (exact) mass is 420 g/mol. The van der Waals surface area contributed by atoms with E-state index in [-0.39, 0.29) is 5.91 Å². The average molecular weight is 421 g/mol. The molecule has 0 atom stereocenters. The summed E-state index contributed by atoms with van der Waals surface area (Å²) in [4.78, 5) is 16.3. The van der Waals surface area contributed by atoms with Crippen LogP contribution in [-0.4, -0.2) is 24.0 Å². The highest BCUT2D eigenvalue weighted by Crippen LogP contribution is 2.21. The van der Waals surface area contributed by atoms with Gasteiger partial charge in [-0.05, 0) is 57.2 Å². The minimum atomic E-state index is -0.0681. The molecule has 4 heteroatoms. The number of aromatic nitrogens is 1. The maximum Gasteiger partial charge on any atom is 0.244 e. The molecule has 1 amide bonds. The molecule has 0 saturated heterocycles. The van der Waals surface area contributed by atoms with Crippen molar-refractivity contribution in [1.29, 1.82) is 0 Å². The van der Waals surface area contributed by atoms with Gasteiger partial charge in [-0.15, -0.1) is 0 Å². The molecule has 0 fully saturated rings. The van der Waals surface area contributed by atoms with Crippen molar-refractivity contribution in [3.63, 3.8) is 0 Å². The number of benzene rings is 1. The molecular formula is C27H36N2O2. The summed E-state index contributed by atoms with van der Waals surface area (Å²) in [7, 11) is 0. The standard InChI is InChI=1S/C27H36N2O2/c1-21(2)20-28-26(30)18-22(3)14-10-8-6-5-7-9-13-17-31-27-19-23(4)24-15-11-12-16-25(24)29-27/h10-12,14-16,18-19H,1,5-9,13,17,20H2,2-4H3,(H,28,30). The molecule has 0 unspecified atom stereocenters. The van der Waals surface area contributed by atoms with Crippen LogP contribution in [0.25, 0.3) is 10.9 Å². The first-order valence-electron chi connectivity index (χ1n) is 11.2. The second-order valence-corrected chi connectivity index (χ2v) is 8.17. The van der Waals surface area contributed by atoms with Crippen molar-refractivity contribution in [2.75, 3.05) is 13.2 Å². The number of amides is 1. The van der Waals surface area contributed by atoms with Crippen molar-refractivity contribution in [3.8, 4) is 5.88 Å². The number of hydrogen-bond acceptors (Lipinski definition) is 3. The number of rotatable bonds is 13. The number of nitrogens with one attached hydrogen (secondary N) is 1. The third-order valence-corrected chi connectivity index (χ3v) is 4.97. The summed E-state index contributed by atoms with van der Waals surface area (Å²) in [6, 6.07) is 10.2. The van der Waals surface area contributed by atoms with Gasteiger partial charge in [0.2, 0.25) is 11.8 Å². The van der Waals surface area contributed by atoms with E-state index in [9.17, 15) is 4.79 Å². The minimum Gasteiger partial charge on any atom is -0.478 e. The van der Waals surface area contributed by atoms with E-state index < -0.39 is 0 Å². The Morgan fingerprint density at radius 2 is 1.87 bits per heavy atom. The van der Waals surface area contributed by atoms with Crippen LogP contribution in [0.4, 0.5) is 0 Å². The topological polar surface area (TPSA) is 51.2 Å². The molecule has 166 valence electrons. The molecule has 1 heterocycles. The molecule has 1 aromatic carbocycles. The van der Waals surface area contributed by atoms with E-state index in [0.29, 0.717) is 13.2 Å². The highest BCUT2D eigenvalue weighted by atomic mass is 16.5. The number of hydrogen-bond donors (Lipinski definition) is 1. The molecular weight excluding hydrogens is 384 g/mol. The van der Waals surface area contributed by atoms with Crippen LogP contribution < -0.4 is 10.1 Å². The average Bonchev–Trinajstić information content (AvgIpc) is 2.73. The largest absolute Gasteiger partial charge is 0.478 e. The molecule has 0 bridgehead atoms. The van der Waals surface area contributed by atoms with Gasteiger partial charge in [0.05, 0.1) is 12.1 Å². The number of para-hydroxylation sites is 1. The zero-order valence-corrected chi connectivity index (χ0v) is 19.2. The second kappa shape index (κ2) is 13.4. The lowest BCUT2D eigenvalue weighted by Crippen LogP contribution is -2.22. The van der Waals surface area contributed by atoms with Crippen LogP contribution in [0, 0.1) is 6.92 Å². The Morgan fingerprint density at radius 3 is 2.68 bits per heavy atom. The van der Waals surface area contributed by atoms with Crippen molar-refractivity contribution in [2.45, 2.75) is 59.3 Å². The first kappa shape index (κ1) is 24.4.